The van der Waals surface area contributed by atoms with Gasteiger partial charge in [-0.1, -0.05) is 30.3 Å². The molecule has 0 spiro atoms. The summed E-state index contributed by atoms with van der Waals surface area (Å²) in [7, 11) is 0. The first kappa shape index (κ1) is 21.1. The molecule has 0 saturated carbocycles. The van der Waals surface area contributed by atoms with Crippen LogP contribution < -0.4 is 9.64 Å². The van der Waals surface area contributed by atoms with Crippen molar-refractivity contribution in [1.29, 1.82) is 0 Å². The maximum absolute atomic E-state index is 12.5. The van der Waals surface area contributed by atoms with Crippen LogP contribution in [0.1, 0.15) is 32.8 Å². The van der Waals surface area contributed by atoms with Crippen LogP contribution in [0.4, 0.5) is 10.8 Å². The number of rotatable bonds is 4. The number of ether oxygens (including phenoxy) is 2. The van der Waals surface area contributed by atoms with Crippen LogP contribution in [0.15, 0.2) is 51.4 Å². The third-order valence-corrected chi connectivity index (χ3v) is 6.38. The summed E-state index contributed by atoms with van der Waals surface area (Å²) in [5, 5.41) is 0. The first-order valence-electron chi connectivity index (χ1n) is 10.8. The quantitative estimate of drug-likeness (QED) is 0.480. The molecule has 0 aliphatic carbocycles. The van der Waals surface area contributed by atoms with E-state index in [1.807, 2.05) is 68.1 Å². The van der Waals surface area contributed by atoms with E-state index in [2.05, 4.69) is 20.8 Å². The highest BCUT2D eigenvalue weighted by molar-refractivity contribution is 9.10. The highest BCUT2D eigenvalue weighted by atomic mass is 79.9. The normalized spacial score (nSPS) is 20.2. The molecule has 2 unspecified atom stereocenters. The zero-order chi connectivity index (χ0) is 22.5. The molecule has 168 valence electrons. The van der Waals surface area contributed by atoms with Gasteiger partial charge in [-0.15, -0.1) is 0 Å². The minimum Gasteiger partial charge on any atom is -0.486 e. The Morgan fingerprint density at radius 1 is 1.16 bits per heavy atom. The lowest BCUT2D eigenvalue weighted by Crippen LogP contribution is -2.70. The van der Waals surface area contributed by atoms with Crippen molar-refractivity contribution in [2.45, 2.75) is 51.5 Å². The van der Waals surface area contributed by atoms with Gasteiger partial charge in [0.05, 0.1) is 16.6 Å². The van der Waals surface area contributed by atoms with Crippen LogP contribution in [0.25, 0.3) is 11.1 Å². The lowest BCUT2D eigenvalue weighted by Gasteiger charge is -2.55. The van der Waals surface area contributed by atoms with Gasteiger partial charge in [-0.25, -0.2) is 4.79 Å². The number of carbonyl (C=O) groups excluding carboxylic acids is 1. The van der Waals surface area contributed by atoms with E-state index in [0.717, 1.165) is 16.5 Å². The number of anilines is 1. The molecule has 7 nitrogen and oxygen atoms in total. The molecule has 6 rings (SSSR count). The van der Waals surface area contributed by atoms with Crippen LogP contribution in [0.5, 0.6) is 5.75 Å². The molecule has 3 aliphatic rings. The molecule has 2 atom stereocenters. The van der Waals surface area contributed by atoms with Gasteiger partial charge < -0.3 is 18.8 Å². The van der Waals surface area contributed by atoms with Crippen molar-refractivity contribution >= 4 is 39.1 Å². The monoisotopic (exact) mass is 499 g/mol. The molecule has 3 saturated heterocycles. The van der Waals surface area contributed by atoms with Crippen molar-refractivity contribution in [1.82, 2.24) is 9.88 Å². The summed E-state index contributed by atoms with van der Waals surface area (Å²) in [4.78, 5) is 21.3. The predicted molar refractivity (Wildman–Crippen MR) is 125 cm³/mol. The van der Waals surface area contributed by atoms with E-state index in [0.29, 0.717) is 42.6 Å². The topological polar surface area (TPSA) is 68.0 Å². The molecule has 1 aromatic heterocycles. The van der Waals surface area contributed by atoms with Crippen molar-refractivity contribution in [3.05, 3.63) is 52.5 Å². The van der Waals surface area contributed by atoms with E-state index in [1.165, 1.54) is 0 Å². The SMILES string of the molecule is CC(C)(C)OC(=O)N1C2CC1CN(c1nc3c(OCc4ccccc4)ccc(Br)c3o1)C2. The number of hydrogen-bond acceptors (Lipinski definition) is 6. The van der Waals surface area contributed by atoms with Gasteiger partial charge in [0.25, 0.3) is 6.01 Å². The van der Waals surface area contributed by atoms with E-state index < -0.39 is 5.60 Å². The number of halogens is 1. The van der Waals surface area contributed by atoms with Crippen LogP contribution in [0.3, 0.4) is 0 Å². The number of aromatic nitrogens is 1. The van der Waals surface area contributed by atoms with Crippen LogP contribution in [0.2, 0.25) is 0 Å². The van der Waals surface area contributed by atoms with Crippen LogP contribution in [-0.4, -0.2) is 46.8 Å². The van der Waals surface area contributed by atoms with Gasteiger partial charge in [0, 0.05) is 13.1 Å². The number of nitrogens with zero attached hydrogens (tertiary/aromatic N) is 3. The number of piperazine rings is 1. The number of benzene rings is 2. The fourth-order valence-electron chi connectivity index (χ4n) is 4.31. The van der Waals surface area contributed by atoms with Gasteiger partial charge in [-0.3, -0.25) is 4.90 Å². The first-order chi connectivity index (χ1) is 15.3. The number of hydrogen-bond donors (Lipinski definition) is 0. The Hall–Kier alpha value is -2.74. The summed E-state index contributed by atoms with van der Waals surface area (Å²) in [6, 6.07) is 14.6. The van der Waals surface area contributed by atoms with Crippen molar-refractivity contribution in [2.75, 3.05) is 18.0 Å². The molecule has 3 fully saturated rings. The van der Waals surface area contributed by atoms with Gasteiger partial charge in [0.15, 0.2) is 11.1 Å². The summed E-state index contributed by atoms with van der Waals surface area (Å²) < 4.78 is 18.6. The molecule has 32 heavy (non-hydrogen) atoms. The Labute approximate surface area is 195 Å². The van der Waals surface area contributed by atoms with Gasteiger partial charge in [0.1, 0.15) is 18.0 Å². The first-order valence-corrected chi connectivity index (χ1v) is 11.6. The summed E-state index contributed by atoms with van der Waals surface area (Å²) in [5.41, 5.74) is 1.94. The van der Waals surface area contributed by atoms with Crippen molar-refractivity contribution in [3.63, 3.8) is 0 Å². The van der Waals surface area contributed by atoms with Crippen LogP contribution >= 0.6 is 15.9 Å². The zero-order valence-corrected chi connectivity index (χ0v) is 20.0. The predicted octanol–water partition coefficient (Wildman–Crippen LogP) is 5.37. The van der Waals surface area contributed by atoms with E-state index >= 15 is 0 Å². The smallest absolute Gasteiger partial charge is 0.410 e. The van der Waals surface area contributed by atoms with Gasteiger partial charge in [-0.2, -0.15) is 4.98 Å². The lowest BCUT2D eigenvalue weighted by molar-refractivity contribution is -0.0386. The standard InChI is InChI=1S/C24H26BrN3O4/c1-24(2,3)32-23(29)28-16-11-17(28)13-27(12-16)22-26-20-19(10-9-18(25)21(20)31-22)30-14-15-7-5-4-6-8-15/h4-10,16-17H,11-14H2,1-3H3. The summed E-state index contributed by atoms with van der Waals surface area (Å²) in [6.45, 7) is 7.46. The maximum atomic E-state index is 12.5. The Balaban J connectivity index is 1.33. The number of carbonyl (C=O) groups is 1. The fourth-order valence-corrected chi connectivity index (χ4v) is 4.71. The molecule has 0 radical (unpaired) electrons. The third-order valence-electron chi connectivity index (χ3n) is 5.75. The summed E-state index contributed by atoms with van der Waals surface area (Å²) in [5.74, 6) is 0.680. The van der Waals surface area contributed by atoms with Crippen molar-refractivity contribution in [2.24, 2.45) is 0 Å². The van der Waals surface area contributed by atoms with E-state index in [9.17, 15) is 4.79 Å². The number of fused-ring (bicyclic) bond motifs is 3. The lowest BCUT2D eigenvalue weighted by atomic mass is 9.88. The zero-order valence-electron chi connectivity index (χ0n) is 18.4. The molecule has 3 aromatic rings. The minimum absolute atomic E-state index is 0.107. The minimum atomic E-state index is -0.497. The second-order valence-electron chi connectivity index (χ2n) is 9.33. The molecular formula is C24H26BrN3O4. The fraction of sp³-hybridized carbons (Fsp3) is 0.417. The van der Waals surface area contributed by atoms with Crippen LogP contribution in [0, 0.1) is 0 Å². The largest absolute Gasteiger partial charge is 0.486 e. The summed E-state index contributed by atoms with van der Waals surface area (Å²) in [6.07, 6.45) is 0.737. The molecule has 0 N–H and O–H groups in total. The highest BCUT2D eigenvalue weighted by Gasteiger charge is 2.49. The second kappa shape index (κ2) is 7.99. The molecule has 3 aliphatic heterocycles. The second-order valence-corrected chi connectivity index (χ2v) is 10.2. The average Bonchev–Trinajstić information content (AvgIpc) is 3.19. The Morgan fingerprint density at radius 2 is 1.88 bits per heavy atom. The average molecular weight is 500 g/mol. The van der Waals surface area contributed by atoms with E-state index in [1.54, 1.807) is 0 Å². The molecule has 1 amide bonds. The molecule has 2 bridgehead atoms. The summed E-state index contributed by atoms with van der Waals surface area (Å²) >= 11 is 3.56. The Kier molecular flexibility index (Phi) is 5.28. The van der Waals surface area contributed by atoms with Gasteiger partial charge in [-0.05, 0) is 60.8 Å². The van der Waals surface area contributed by atoms with Gasteiger partial charge >= 0.3 is 6.09 Å². The number of piperidine rings is 1. The van der Waals surface area contributed by atoms with E-state index in [-0.39, 0.29) is 18.2 Å². The Bertz CT molecular complexity index is 1130. The Morgan fingerprint density at radius 3 is 2.56 bits per heavy atom. The highest BCUT2D eigenvalue weighted by Crippen LogP contribution is 2.39. The van der Waals surface area contributed by atoms with Crippen LogP contribution in [-0.2, 0) is 11.3 Å². The van der Waals surface area contributed by atoms with E-state index in [4.69, 9.17) is 18.9 Å². The molecular weight excluding hydrogens is 474 g/mol. The molecule has 8 heteroatoms. The van der Waals surface area contributed by atoms with Crippen molar-refractivity contribution < 1.29 is 18.7 Å². The number of amides is 1. The number of oxazole rings is 1. The van der Waals surface area contributed by atoms with Gasteiger partial charge in [0.2, 0.25) is 0 Å². The molecule has 4 heterocycles. The molecule has 2 aromatic carbocycles. The van der Waals surface area contributed by atoms with Crippen molar-refractivity contribution in [3.8, 4) is 5.75 Å². The maximum Gasteiger partial charge on any atom is 0.410 e. The third kappa shape index (κ3) is 4.03.